The molecule has 7 heteroatoms. The molecule has 6 nitrogen and oxygen atoms in total. The minimum Gasteiger partial charge on any atom is -0.495 e. The fraction of sp³-hybridized carbons (Fsp3) is 0.300. The number of nitrogen functional groups attached to an aromatic ring is 1. The fourth-order valence-corrected chi connectivity index (χ4v) is 2.71. The first-order chi connectivity index (χ1) is 12.9. The minimum atomic E-state index is -0.220. The predicted molar refractivity (Wildman–Crippen MR) is 108 cm³/mol. The van der Waals surface area contributed by atoms with E-state index in [4.69, 9.17) is 22.1 Å². The Morgan fingerprint density at radius 3 is 2.59 bits per heavy atom. The van der Waals surface area contributed by atoms with Gasteiger partial charge < -0.3 is 21.1 Å². The van der Waals surface area contributed by atoms with Gasteiger partial charge in [-0.15, -0.1) is 0 Å². The van der Waals surface area contributed by atoms with Crippen molar-refractivity contribution in [1.29, 1.82) is 0 Å². The van der Waals surface area contributed by atoms with Crippen molar-refractivity contribution in [2.75, 3.05) is 24.7 Å². The van der Waals surface area contributed by atoms with Gasteiger partial charge in [-0.1, -0.05) is 29.8 Å². The second-order valence-corrected chi connectivity index (χ2v) is 6.56. The van der Waals surface area contributed by atoms with Gasteiger partial charge in [0.05, 0.1) is 12.8 Å². The topological polar surface area (TPSA) is 93.5 Å². The molecule has 0 saturated heterocycles. The Morgan fingerprint density at radius 1 is 1.15 bits per heavy atom. The number of benzene rings is 2. The molecule has 2 amide bonds. The van der Waals surface area contributed by atoms with Gasteiger partial charge in [-0.25, -0.2) is 0 Å². The monoisotopic (exact) mass is 389 g/mol. The van der Waals surface area contributed by atoms with Crippen molar-refractivity contribution < 1.29 is 14.3 Å². The Morgan fingerprint density at radius 2 is 1.89 bits per heavy atom. The summed E-state index contributed by atoms with van der Waals surface area (Å²) in [6.07, 6.45) is 1.04. The number of nitrogens with one attached hydrogen (secondary N) is 2. The molecule has 2 rings (SSSR count). The Hall–Kier alpha value is -2.73. The minimum absolute atomic E-state index is 0.119. The number of nitrogens with two attached hydrogens (primary N) is 1. The summed E-state index contributed by atoms with van der Waals surface area (Å²) in [5, 5.41) is 6.09. The number of methoxy groups -OCH3 is 1. The number of anilines is 2. The van der Waals surface area contributed by atoms with Crippen LogP contribution in [0.3, 0.4) is 0 Å². The van der Waals surface area contributed by atoms with Gasteiger partial charge in [0, 0.05) is 36.2 Å². The first-order valence-electron chi connectivity index (χ1n) is 8.64. The van der Waals surface area contributed by atoms with Gasteiger partial charge >= 0.3 is 0 Å². The van der Waals surface area contributed by atoms with Crippen LogP contribution in [0.15, 0.2) is 36.4 Å². The summed E-state index contributed by atoms with van der Waals surface area (Å²) in [6.45, 7) is 2.10. The van der Waals surface area contributed by atoms with E-state index in [9.17, 15) is 9.59 Å². The van der Waals surface area contributed by atoms with Gasteiger partial charge in [-0.3, -0.25) is 9.59 Å². The number of hydrogen-bond acceptors (Lipinski definition) is 4. The number of aryl methyl sites for hydroxylation is 2. The molecule has 0 bridgehead atoms. The molecule has 0 saturated carbocycles. The van der Waals surface area contributed by atoms with Crippen LogP contribution in [0.4, 0.5) is 11.4 Å². The lowest BCUT2D eigenvalue weighted by Gasteiger charge is -2.12. The van der Waals surface area contributed by atoms with Gasteiger partial charge in [0.1, 0.15) is 5.75 Å². The number of carbonyl (C=O) groups excluding carboxylic acids is 2. The van der Waals surface area contributed by atoms with E-state index in [1.165, 1.54) is 7.11 Å². The van der Waals surface area contributed by atoms with Crippen molar-refractivity contribution in [1.82, 2.24) is 5.32 Å². The van der Waals surface area contributed by atoms with Crippen LogP contribution >= 0.6 is 11.6 Å². The second-order valence-electron chi connectivity index (χ2n) is 6.15. The van der Waals surface area contributed by atoms with E-state index in [2.05, 4.69) is 10.6 Å². The lowest BCUT2D eigenvalue weighted by Crippen LogP contribution is -2.28. The summed E-state index contributed by atoms with van der Waals surface area (Å²) >= 11 is 6.06. The Labute approximate surface area is 164 Å². The standard InChI is InChI=1S/C20H24ClN3O3/c1-13-11-17(18(27-2)12-15(13)21)24-20(26)9-10-23-19(25)8-7-14-5-3-4-6-16(14)22/h3-6,11-12H,7-10,22H2,1-2H3,(H,23,25)(H,24,26). The average Bonchev–Trinajstić information content (AvgIpc) is 2.64. The van der Waals surface area contributed by atoms with Crippen molar-refractivity contribution in [3.8, 4) is 5.75 Å². The van der Waals surface area contributed by atoms with Gasteiger partial charge in [0.25, 0.3) is 0 Å². The maximum absolute atomic E-state index is 12.1. The molecule has 0 radical (unpaired) electrons. The molecular weight excluding hydrogens is 366 g/mol. The van der Waals surface area contributed by atoms with E-state index in [1.807, 2.05) is 31.2 Å². The maximum Gasteiger partial charge on any atom is 0.226 e. The molecule has 2 aromatic carbocycles. The molecule has 4 N–H and O–H groups in total. The van der Waals surface area contributed by atoms with E-state index < -0.39 is 0 Å². The Balaban J connectivity index is 1.77. The van der Waals surface area contributed by atoms with Crippen LogP contribution in [0.5, 0.6) is 5.75 Å². The molecule has 0 spiro atoms. The van der Waals surface area contributed by atoms with Crippen molar-refractivity contribution in [3.05, 3.63) is 52.5 Å². The molecule has 0 atom stereocenters. The summed E-state index contributed by atoms with van der Waals surface area (Å²) in [4.78, 5) is 24.0. The molecule has 2 aromatic rings. The van der Waals surface area contributed by atoms with Gasteiger partial charge in [0.15, 0.2) is 0 Å². The zero-order chi connectivity index (χ0) is 19.8. The van der Waals surface area contributed by atoms with E-state index in [0.29, 0.717) is 35.0 Å². The third-order valence-electron chi connectivity index (χ3n) is 4.11. The third-order valence-corrected chi connectivity index (χ3v) is 4.51. The van der Waals surface area contributed by atoms with Crippen LogP contribution < -0.4 is 21.1 Å². The van der Waals surface area contributed by atoms with Crippen molar-refractivity contribution in [2.45, 2.75) is 26.2 Å². The maximum atomic E-state index is 12.1. The summed E-state index contributed by atoms with van der Waals surface area (Å²) in [7, 11) is 1.51. The molecule has 0 aliphatic rings. The highest BCUT2D eigenvalue weighted by molar-refractivity contribution is 6.31. The summed E-state index contributed by atoms with van der Waals surface area (Å²) in [6, 6.07) is 10.9. The first-order valence-corrected chi connectivity index (χ1v) is 9.02. The molecule has 0 aliphatic carbocycles. The van der Waals surface area contributed by atoms with Crippen LogP contribution in [0.25, 0.3) is 0 Å². The molecule has 0 unspecified atom stereocenters. The van der Waals surface area contributed by atoms with Gasteiger partial charge in [0.2, 0.25) is 11.8 Å². The summed E-state index contributed by atoms with van der Waals surface area (Å²) < 4.78 is 5.23. The molecular formula is C20H24ClN3O3. The highest BCUT2D eigenvalue weighted by Gasteiger charge is 2.11. The normalized spacial score (nSPS) is 10.3. The molecule has 144 valence electrons. The van der Waals surface area contributed by atoms with Crippen LogP contribution in [0.1, 0.15) is 24.0 Å². The highest BCUT2D eigenvalue weighted by Crippen LogP contribution is 2.30. The van der Waals surface area contributed by atoms with E-state index in [0.717, 1.165) is 11.1 Å². The SMILES string of the molecule is COc1cc(Cl)c(C)cc1NC(=O)CCNC(=O)CCc1ccccc1N. The number of amides is 2. The number of carbonyl (C=O) groups is 2. The molecule has 0 aromatic heterocycles. The number of rotatable bonds is 8. The van der Waals surface area contributed by atoms with E-state index in [-0.39, 0.29) is 24.8 Å². The van der Waals surface area contributed by atoms with Crippen LogP contribution in [0, 0.1) is 6.92 Å². The highest BCUT2D eigenvalue weighted by atomic mass is 35.5. The van der Waals surface area contributed by atoms with Gasteiger partial charge in [-0.2, -0.15) is 0 Å². The number of para-hydroxylation sites is 1. The lowest BCUT2D eigenvalue weighted by molar-refractivity contribution is -0.121. The lowest BCUT2D eigenvalue weighted by atomic mass is 10.1. The van der Waals surface area contributed by atoms with Crippen LogP contribution in [0.2, 0.25) is 5.02 Å². The molecule has 27 heavy (non-hydrogen) atoms. The third kappa shape index (κ3) is 6.18. The molecule has 0 aliphatic heterocycles. The van der Waals surface area contributed by atoms with Crippen molar-refractivity contribution in [2.24, 2.45) is 0 Å². The van der Waals surface area contributed by atoms with Crippen molar-refractivity contribution >= 4 is 34.8 Å². The van der Waals surface area contributed by atoms with Crippen LogP contribution in [-0.2, 0) is 16.0 Å². The van der Waals surface area contributed by atoms with Crippen molar-refractivity contribution in [3.63, 3.8) is 0 Å². The van der Waals surface area contributed by atoms with Gasteiger partial charge in [-0.05, 0) is 36.6 Å². The first kappa shape index (κ1) is 20.6. The van der Waals surface area contributed by atoms with Crippen LogP contribution in [-0.4, -0.2) is 25.5 Å². The second kappa shape index (κ2) is 9.83. The average molecular weight is 390 g/mol. The number of hydrogen-bond donors (Lipinski definition) is 3. The summed E-state index contributed by atoms with van der Waals surface area (Å²) in [5.74, 6) is 0.150. The summed E-state index contributed by atoms with van der Waals surface area (Å²) in [5.41, 5.74) is 8.86. The van der Waals surface area contributed by atoms with E-state index >= 15 is 0 Å². The molecule has 0 fully saturated rings. The zero-order valence-electron chi connectivity index (χ0n) is 15.5. The van der Waals surface area contributed by atoms with E-state index in [1.54, 1.807) is 12.1 Å². The smallest absolute Gasteiger partial charge is 0.226 e. The fourth-order valence-electron chi connectivity index (χ4n) is 2.56. The Bertz CT molecular complexity index is 824. The zero-order valence-corrected chi connectivity index (χ0v) is 16.2. The molecule has 0 heterocycles. The number of ether oxygens (including phenoxy) is 1. The number of halogens is 1. The Kier molecular flexibility index (Phi) is 7.49. The largest absolute Gasteiger partial charge is 0.495 e. The quantitative estimate of drug-likeness (QED) is 0.604. The predicted octanol–water partition coefficient (Wildman–Crippen LogP) is 3.32.